The average Bonchev–Trinajstić information content (AvgIpc) is 2.12. The van der Waals surface area contributed by atoms with E-state index in [1.807, 2.05) is 0 Å². The van der Waals surface area contributed by atoms with Gasteiger partial charge in [-0.3, -0.25) is 0 Å². The SMILES string of the molecule is NCCCC1CC2(C1)CC(CCCN)C2. The molecule has 0 aromatic heterocycles. The number of hydrogen-bond donors (Lipinski definition) is 2. The Kier molecular flexibility index (Phi) is 3.68. The van der Waals surface area contributed by atoms with Crippen LogP contribution in [0.3, 0.4) is 0 Å². The van der Waals surface area contributed by atoms with Crippen molar-refractivity contribution in [1.29, 1.82) is 0 Å². The van der Waals surface area contributed by atoms with Crippen LogP contribution in [0.1, 0.15) is 51.4 Å². The highest BCUT2D eigenvalue weighted by Crippen LogP contribution is 2.62. The molecule has 15 heavy (non-hydrogen) atoms. The fourth-order valence-corrected chi connectivity index (χ4v) is 3.88. The molecular formula is C13H26N2. The molecule has 1 spiro atoms. The van der Waals surface area contributed by atoms with Gasteiger partial charge >= 0.3 is 0 Å². The van der Waals surface area contributed by atoms with Crippen LogP contribution in [0.5, 0.6) is 0 Å². The van der Waals surface area contributed by atoms with Gasteiger partial charge in [-0.2, -0.15) is 0 Å². The van der Waals surface area contributed by atoms with Crippen molar-refractivity contribution in [3.8, 4) is 0 Å². The quantitative estimate of drug-likeness (QED) is 0.706. The maximum atomic E-state index is 5.53. The summed E-state index contributed by atoms with van der Waals surface area (Å²) in [6, 6.07) is 0. The van der Waals surface area contributed by atoms with Gasteiger partial charge in [-0.15, -0.1) is 0 Å². The minimum atomic E-state index is 0.804. The lowest BCUT2D eigenvalue weighted by Gasteiger charge is -2.58. The van der Waals surface area contributed by atoms with Gasteiger partial charge in [0.2, 0.25) is 0 Å². The summed E-state index contributed by atoms with van der Waals surface area (Å²) in [4.78, 5) is 0. The normalized spacial score (nSPS) is 38.8. The van der Waals surface area contributed by atoms with E-state index in [1.54, 1.807) is 0 Å². The second-order valence-electron chi connectivity index (χ2n) is 5.91. The Balaban J connectivity index is 1.56. The molecule has 2 fully saturated rings. The molecule has 0 atom stereocenters. The van der Waals surface area contributed by atoms with Gasteiger partial charge in [0.15, 0.2) is 0 Å². The first-order chi connectivity index (χ1) is 7.28. The third kappa shape index (κ3) is 2.54. The van der Waals surface area contributed by atoms with E-state index in [0.29, 0.717) is 0 Å². The van der Waals surface area contributed by atoms with Crippen LogP contribution in [-0.2, 0) is 0 Å². The molecule has 2 aliphatic rings. The first kappa shape index (κ1) is 11.4. The van der Waals surface area contributed by atoms with Crippen LogP contribution >= 0.6 is 0 Å². The zero-order valence-corrected chi connectivity index (χ0v) is 9.88. The molecular weight excluding hydrogens is 184 g/mol. The zero-order valence-electron chi connectivity index (χ0n) is 9.88. The highest BCUT2D eigenvalue weighted by atomic mass is 14.6. The van der Waals surface area contributed by atoms with E-state index in [1.165, 1.54) is 51.4 Å². The fourth-order valence-electron chi connectivity index (χ4n) is 3.88. The van der Waals surface area contributed by atoms with Gasteiger partial charge in [-0.1, -0.05) is 0 Å². The highest BCUT2D eigenvalue weighted by Gasteiger charge is 2.51. The van der Waals surface area contributed by atoms with Crippen molar-refractivity contribution in [3.63, 3.8) is 0 Å². The van der Waals surface area contributed by atoms with Crippen LogP contribution in [0.25, 0.3) is 0 Å². The largest absolute Gasteiger partial charge is 0.330 e. The van der Waals surface area contributed by atoms with Gasteiger partial charge in [0.05, 0.1) is 0 Å². The van der Waals surface area contributed by atoms with E-state index in [9.17, 15) is 0 Å². The Morgan fingerprint density at radius 3 is 1.53 bits per heavy atom. The molecule has 0 heterocycles. The summed E-state index contributed by atoms with van der Waals surface area (Å²) in [6.07, 6.45) is 11.3. The van der Waals surface area contributed by atoms with Crippen molar-refractivity contribution in [2.75, 3.05) is 13.1 Å². The third-order valence-corrected chi connectivity index (χ3v) is 4.52. The van der Waals surface area contributed by atoms with Crippen molar-refractivity contribution in [3.05, 3.63) is 0 Å². The molecule has 0 aromatic carbocycles. The van der Waals surface area contributed by atoms with E-state index in [4.69, 9.17) is 11.5 Å². The van der Waals surface area contributed by atoms with Crippen LogP contribution in [0.2, 0.25) is 0 Å². The predicted molar refractivity (Wildman–Crippen MR) is 64.5 cm³/mol. The molecule has 2 nitrogen and oxygen atoms in total. The number of nitrogens with two attached hydrogens (primary N) is 2. The summed E-state index contributed by atoms with van der Waals surface area (Å²) in [7, 11) is 0. The van der Waals surface area contributed by atoms with E-state index in [2.05, 4.69) is 0 Å². The van der Waals surface area contributed by atoms with Crippen LogP contribution in [0.4, 0.5) is 0 Å². The summed E-state index contributed by atoms with van der Waals surface area (Å²) in [5, 5.41) is 0. The van der Waals surface area contributed by atoms with Gasteiger partial charge in [0, 0.05) is 0 Å². The molecule has 0 radical (unpaired) electrons. The van der Waals surface area contributed by atoms with E-state index in [-0.39, 0.29) is 0 Å². The first-order valence-electron chi connectivity index (χ1n) is 6.68. The van der Waals surface area contributed by atoms with E-state index in [0.717, 1.165) is 30.3 Å². The average molecular weight is 210 g/mol. The summed E-state index contributed by atoms with van der Waals surface area (Å²) < 4.78 is 0. The molecule has 4 N–H and O–H groups in total. The summed E-state index contributed by atoms with van der Waals surface area (Å²) in [5.41, 5.74) is 11.9. The van der Waals surface area contributed by atoms with Gasteiger partial charge in [-0.25, -0.2) is 0 Å². The number of hydrogen-bond acceptors (Lipinski definition) is 2. The Hall–Kier alpha value is -0.0800. The van der Waals surface area contributed by atoms with Gasteiger partial charge in [0.25, 0.3) is 0 Å². The summed E-state index contributed by atoms with van der Waals surface area (Å²) in [6.45, 7) is 1.76. The third-order valence-electron chi connectivity index (χ3n) is 4.52. The highest BCUT2D eigenvalue weighted by molar-refractivity contribution is 5.02. The Morgan fingerprint density at radius 2 is 1.20 bits per heavy atom. The first-order valence-corrected chi connectivity index (χ1v) is 6.68. The van der Waals surface area contributed by atoms with Crippen molar-refractivity contribution in [2.45, 2.75) is 51.4 Å². The second-order valence-corrected chi connectivity index (χ2v) is 5.91. The molecule has 0 saturated heterocycles. The van der Waals surface area contributed by atoms with Gasteiger partial charge in [-0.05, 0) is 81.7 Å². The maximum absolute atomic E-state index is 5.53. The second kappa shape index (κ2) is 4.84. The van der Waals surface area contributed by atoms with Crippen LogP contribution < -0.4 is 11.5 Å². The maximum Gasteiger partial charge on any atom is -0.00772 e. The van der Waals surface area contributed by atoms with Gasteiger partial charge in [0.1, 0.15) is 0 Å². The molecule has 0 unspecified atom stereocenters. The minimum absolute atomic E-state index is 0.804. The molecule has 0 bridgehead atoms. The molecule has 0 aromatic rings. The summed E-state index contributed by atoms with van der Waals surface area (Å²) in [5.74, 6) is 2.04. The zero-order chi connectivity index (χ0) is 10.7. The smallest absolute Gasteiger partial charge is 0.00772 e. The van der Waals surface area contributed by atoms with Gasteiger partial charge < -0.3 is 11.5 Å². The molecule has 88 valence electrons. The van der Waals surface area contributed by atoms with E-state index < -0.39 is 0 Å². The van der Waals surface area contributed by atoms with Crippen molar-refractivity contribution in [1.82, 2.24) is 0 Å². The van der Waals surface area contributed by atoms with Crippen LogP contribution in [0.15, 0.2) is 0 Å². The molecule has 2 saturated carbocycles. The Labute approximate surface area is 93.8 Å². The van der Waals surface area contributed by atoms with Crippen molar-refractivity contribution < 1.29 is 0 Å². The fraction of sp³-hybridized carbons (Fsp3) is 1.00. The Morgan fingerprint density at radius 1 is 0.800 bits per heavy atom. The molecule has 2 aliphatic carbocycles. The van der Waals surface area contributed by atoms with Crippen LogP contribution in [-0.4, -0.2) is 13.1 Å². The molecule has 0 amide bonds. The predicted octanol–water partition coefficient (Wildman–Crippen LogP) is 2.27. The molecule has 2 heteroatoms. The lowest BCUT2D eigenvalue weighted by molar-refractivity contribution is -0.0731. The topological polar surface area (TPSA) is 52.0 Å². The van der Waals surface area contributed by atoms with Crippen LogP contribution in [0, 0.1) is 17.3 Å². The standard InChI is InChI=1S/C13H26N2/c14-5-1-3-11-7-13(8-11)9-12(10-13)4-2-6-15/h11-12H,1-10,14-15H2. The number of rotatable bonds is 6. The Bertz CT molecular complexity index is 165. The lowest BCUT2D eigenvalue weighted by Crippen LogP contribution is -2.47. The molecule has 0 aliphatic heterocycles. The van der Waals surface area contributed by atoms with Crippen molar-refractivity contribution >= 4 is 0 Å². The minimum Gasteiger partial charge on any atom is -0.330 e. The van der Waals surface area contributed by atoms with Crippen molar-refractivity contribution in [2.24, 2.45) is 28.7 Å². The monoisotopic (exact) mass is 210 g/mol. The lowest BCUT2D eigenvalue weighted by atomic mass is 9.47. The van der Waals surface area contributed by atoms with E-state index >= 15 is 0 Å². The molecule has 2 rings (SSSR count). The summed E-state index contributed by atoms with van der Waals surface area (Å²) >= 11 is 0.